The molecule has 3 heterocycles. The molecule has 0 radical (unpaired) electrons. The van der Waals surface area contributed by atoms with Gasteiger partial charge in [-0.05, 0) is 101 Å². The van der Waals surface area contributed by atoms with Crippen LogP contribution in [0.3, 0.4) is 0 Å². The quantitative estimate of drug-likeness (QED) is 0.166. The SMILES string of the molecule is [2H]C1(c2cccc(-c3cccc4c3oc3cc(-c5cccc6c5nc(-c5ccccc5O)n6-c5ccccc5-c5ccccc5)cc(-c5cc(-c6ccccc6)ccn5)c34)c2)CCCCC1. The lowest BCUT2D eigenvalue weighted by Gasteiger charge is -2.22. The van der Waals surface area contributed by atoms with Crippen molar-refractivity contribution in [2.75, 3.05) is 0 Å². The summed E-state index contributed by atoms with van der Waals surface area (Å²) in [5, 5.41) is 13.4. The molecule has 8 aromatic carbocycles. The summed E-state index contributed by atoms with van der Waals surface area (Å²) in [6, 6.07) is 66.5. The minimum absolute atomic E-state index is 0.154. The van der Waals surface area contributed by atoms with Crippen molar-refractivity contribution in [1.82, 2.24) is 14.5 Å². The van der Waals surface area contributed by atoms with E-state index in [0.29, 0.717) is 11.4 Å². The molecule has 1 N–H and O–H groups in total. The molecule has 5 heteroatoms. The summed E-state index contributed by atoms with van der Waals surface area (Å²) in [6.07, 6.45) is 7.02. The number of fused-ring (bicyclic) bond motifs is 4. The lowest BCUT2D eigenvalue weighted by atomic mass is 9.83. The number of phenols is 1. The van der Waals surface area contributed by atoms with Gasteiger partial charge in [-0.3, -0.25) is 9.55 Å². The summed E-state index contributed by atoms with van der Waals surface area (Å²) in [5.74, 6) is 0.210. The maximum absolute atomic E-state index is 11.4. The van der Waals surface area contributed by atoms with Crippen LogP contribution in [-0.2, 0) is 0 Å². The maximum Gasteiger partial charge on any atom is 0.149 e. The summed E-state index contributed by atoms with van der Waals surface area (Å²) in [4.78, 5) is 10.5. The molecule has 3 aromatic heterocycles. The summed E-state index contributed by atoms with van der Waals surface area (Å²) in [7, 11) is 0. The van der Waals surface area contributed by atoms with Crippen molar-refractivity contribution in [3.8, 4) is 78.6 Å². The molecule has 1 aliphatic carbocycles. The van der Waals surface area contributed by atoms with Crippen LogP contribution in [0.2, 0.25) is 0 Å². The van der Waals surface area contributed by atoms with E-state index in [9.17, 15) is 6.48 Å². The molecule has 65 heavy (non-hydrogen) atoms. The second kappa shape index (κ2) is 16.3. The molecule has 1 saturated carbocycles. The van der Waals surface area contributed by atoms with Gasteiger partial charge in [0.15, 0.2) is 0 Å². The zero-order valence-corrected chi connectivity index (χ0v) is 35.8. The number of hydrogen-bond acceptors (Lipinski definition) is 4. The second-order valence-corrected chi connectivity index (χ2v) is 17.1. The predicted molar refractivity (Wildman–Crippen MR) is 266 cm³/mol. The number of para-hydroxylation sites is 4. The van der Waals surface area contributed by atoms with Gasteiger partial charge in [0.2, 0.25) is 0 Å². The number of hydrogen-bond donors (Lipinski definition) is 1. The van der Waals surface area contributed by atoms with Gasteiger partial charge in [-0.2, -0.15) is 0 Å². The van der Waals surface area contributed by atoms with Gasteiger partial charge in [0.25, 0.3) is 0 Å². The molecule has 0 amide bonds. The van der Waals surface area contributed by atoms with E-state index in [1.54, 1.807) is 6.07 Å². The minimum atomic E-state index is -0.579. The van der Waals surface area contributed by atoms with E-state index in [0.717, 1.165) is 126 Å². The average Bonchev–Trinajstić information content (AvgIpc) is 3.96. The first-order chi connectivity index (χ1) is 32.5. The Morgan fingerprint density at radius 2 is 1.23 bits per heavy atom. The molecule has 11 aromatic rings. The third-order valence-electron chi connectivity index (χ3n) is 13.2. The van der Waals surface area contributed by atoms with Crippen molar-refractivity contribution in [2.45, 2.75) is 38.0 Å². The van der Waals surface area contributed by atoms with Crippen LogP contribution >= 0.6 is 0 Å². The van der Waals surface area contributed by atoms with Crippen LogP contribution in [-0.4, -0.2) is 19.6 Å². The van der Waals surface area contributed by atoms with Crippen molar-refractivity contribution in [1.29, 1.82) is 0 Å². The number of benzene rings is 8. The van der Waals surface area contributed by atoms with Crippen LogP contribution in [0.1, 0.15) is 44.9 Å². The predicted octanol–water partition coefficient (Wildman–Crippen LogP) is 16.1. The highest BCUT2D eigenvalue weighted by Gasteiger charge is 2.24. The summed E-state index contributed by atoms with van der Waals surface area (Å²) >= 11 is 0. The number of furan rings is 1. The van der Waals surface area contributed by atoms with Crippen molar-refractivity contribution in [2.24, 2.45) is 0 Å². The number of pyridine rings is 1. The molecule has 12 rings (SSSR count). The Balaban J connectivity index is 1.11. The summed E-state index contributed by atoms with van der Waals surface area (Å²) in [5.41, 5.74) is 15.9. The van der Waals surface area contributed by atoms with E-state index >= 15 is 0 Å². The first-order valence-corrected chi connectivity index (χ1v) is 22.6. The van der Waals surface area contributed by atoms with Crippen LogP contribution < -0.4 is 0 Å². The normalized spacial score (nSPS) is 13.9. The topological polar surface area (TPSA) is 64.1 Å². The van der Waals surface area contributed by atoms with Crippen molar-refractivity contribution < 1.29 is 10.9 Å². The molecule has 0 atom stereocenters. The van der Waals surface area contributed by atoms with Crippen LogP contribution in [0, 0.1) is 0 Å². The number of imidazole rings is 1. The molecule has 0 bridgehead atoms. The molecule has 312 valence electrons. The highest BCUT2D eigenvalue weighted by atomic mass is 16.3. The van der Waals surface area contributed by atoms with Gasteiger partial charge >= 0.3 is 0 Å². The maximum atomic E-state index is 11.4. The zero-order chi connectivity index (χ0) is 44.2. The van der Waals surface area contributed by atoms with Gasteiger partial charge in [0.05, 0.1) is 28.0 Å². The molecule has 1 aliphatic rings. The smallest absolute Gasteiger partial charge is 0.149 e. The van der Waals surface area contributed by atoms with E-state index in [-0.39, 0.29) is 5.75 Å². The Morgan fingerprint density at radius 1 is 0.538 bits per heavy atom. The minimum Gasteiger partial charge on any atom is -0.507 e. The highest BCUT2D eigenvalue weighted by Crippen LogP contribution is 2.46. The molecular formula is C60H45N3O2. The fourth-order valence-corrected chi connectivity index (χ4v) is 10.0. The van der Waals surface area contributed by atoms with Crippen molar-refractivity contribution >= 4 is 33.0 Å². The van der Waals surface area contributed by atoms with E-state index in [1.807, 2.05) is 36.5 Å². The van der Waals surface area contributed by atoms with Crippen molar-refractivity contribution in [3.63, 3.8) is 0 Å². The second-order valence-electron chi connectivity index (χ2n) is 17.1. The van der Waals surface area contributed by atoms with E-state index < -0.39 is 5.89 Å². The van der Waals surface area contributed by atoms with Gasteiger partial charge < -0.3 is 9.52 Å². The van der Waals surface area contributed by atoms with E-state index in [1.165, 1.54) is 6.42 Å². The van der Waals surface area contributed by atoms with Gasteiger partial charge in [-0.15, -0.1) is 0 Å². The largest absolute Gasteiger partial charge is 0.507 e. The van der Waals surface area contributed by atoms with E-state index in [4.69, 9.17) is 14.4 Å². The number of nitrogens with zero attached hydrogens (tertiary/aromatic N) is 3. The van der Waals surface area contributed by atoms with Gasteiger partial charge in [-0.1, -0.05) is 165 Å². The molecule has 1 fully saturated rings. The number of rotatable bonds is 8. The monoisotopic (exact) mass is 840 g/mol. The zero-order valence-electron chi connectivity index (χ0n) is 36.8. The number of aromatic nitrogens is 3. The van der Waals surface area contributed by atoms with Crippen LogP contribution in [0.5, 0.6) is 5.75 Å². The first-order valence-electron chi connectivity index (χ1n) is 23.1. The fourth-order valence-electron chi connectivity index (χ4n) is 10.0. The molecule has 0 unspecified atom stereocenters. The fraction of sp³-hybridized carbons (Fsp3) is 0.100. The van der Waals surface area contributed by atoms with Crippen molar-refractivity contribution in [3.05, 3.63) is 206 Å². The average molecular weight is 841 g/mol. The standard InChI is InChI=1S/C60H45N3O2/c64-55-32-13-11-26-49(55)60-62-58-47(27-16-31-54(58)63(60)53-30-12-10-25-46(53)41-21-8-3-9-22-41)45-36-51(52-37-43(33-34-61-52)40-19-6-2-7-20-40)57-50-29-15-28-48(59(50)65-56(57)38-45)44-24-14-23-42(35-44)39-17-4-1-5-18-39/h2-3,6-16,19-39,64H,1,4-5,17-18H2/i39D. The van der Waals surface area contributed by atoms with Crippen LogP contribution in [0.15, 0.2) is 205 Å². The Hall–Kier alpha value is -8.02. The highest BCUT2D eigenvalue weighted by molar-refractivity contribution is 6.17. The Morgan fingerprint density at radius 3 is 2.06 bits per heavy atom. The third kappa shape index (κ3) is 6.88. The molecular weight excluding hydrogens is 795 g/mol. The molecule has 5 nitrogen and oxygen atoms in total. The summed E-state index contributed by atoms with van der Waals surface area (Å²) < 4.78 is 18.8. The van der Waals surface area contributed by atoms with E-state index in [2.05, 4.69) is 162 Å². The van der Waals surface area contributed by atoms with Gasteiger partial charge in [-0.25, -0.2) is 4.98 Å². The van der Waals surface area contributed by atoms with Gasteiger partial charge in [0, 0.05) is 40.6 Å². The Labute approximate surface area is 379 Å². The molecule has 0 aliphatic heterocycles. The summed E-state index contributed by atoms with van der Waals surface area (Å²) in [6.45, 7) is 0. The molecule has 0 saturated heterocycles. The third-order valence-corrected chi connectivity index (χ3v) is 13.2. The number of aromatic hydroxyl groups is 1. The first kappa shape index (κ1) is 37.5. The van der Waals surface area contributed by atoms with Gasteiger partial charge in [0.1, 0.15) is 22.7 Å². The lowest BCUT2D eigenvalue weighted by molar-refractivity contribution is 0.444. The molecule has 0 spiro atoms. The number of phenolic OH excluding ortho intramolecular Hbond substituents is 1. The Bertz CT molecular complexity index is 3600. The Kier molecular flexibility index (Phi) is 9.39. The lowest BCUT2D eigenvalue weighted by Crippen LogP contribution is -2.04. The van der Waals surface area contributed by atoms with Crippen LogP contribution in [0.25, 0.3) is 106 Å². The van der Waals surface area contributed by atoms with Crippen LogP contribution in [0.4, 0.5) is 0 Å².